The predicted molar refractivity (Wildman–Crippen MR) is 145 cm³/mol. The zero-order chi connectivity index (χ0) is 27.6. The van der Waals surface area contributed by atoms with Crippen molar-refractivity contribution in [2.24, 2.45) is 10.9 Å². The SMILES string of the molecule is COc1cc(O)c(C=NC(C)C)c2c1C[C@@H](C(=O)Nc1cc([C@H]3CC[C@@H](OC(=O)NC(C)(C)C)C3)[nH]n1)C2. The monoisotopic (exact) mass is 525 g/mol. The average Bonchev–Trinajstić information content (AvgIpc) is 3.56. The fourth-order valence-electron chi connectivity index (χ4n) is 5.17. The third-order valence-corrected chi connectivity index (χ3v) is 6.95. The summed E-state index contributed by atoms with van der Waals surface area (Å²) >= 11 is 0. The number of aromatic amines is 1. The van der Waals surface area contributed by atoms with Crippen LogP contribution in [0.5, 0.6) is 11.5 Å². The number of alkyl carbamates (subject to hydrolysis) is 1. The zero-order valence-corrected chi connectivity index (χ0v) is 23.1. The molecule has 0 spiro atoms. The lowest BCUT2D eigenvalue weighted by Gasteiger charge is -2.22. The molecule has 10 nitrogen and oxygen atoms in total. The maximum absolute atomic E-state index is 13.2. The second-order valence-electron chi connectivity index (χ2n) is 11.6. The number of ether oxygens (including phenoxy) is 2. The molecule has 4 rings (SSSR count). The van der Waals surface area contributed by atoms with Crippen molar-refractivity contribution in [2.45, 2.75) is 90.3 Å². The number of aliphatic imine (C=N–C) groups is 1. The molecule has 0 bridgehead atoms. The Morgan fingerprint density at radius 3 is 2.63 bits per heavy atom. The molecule has 2 aromatic rings. The van der Waals surface area contributed by atoms with E-state index in [0.29, 0.717) is 36.4 Å². The largest absolute Gasteiger partial charge is 0.507 e. The minimum absolute atomic E-state index is 0.0869. The Hall–Kier alpha value is -3.56. The second kappa shape index (κ2) is 11.0. The van der Waals surface area contributed by atoms with E-state index in [1.807, 2.05) is 40.7 Å². The quantitative estimate of drug-likeness (QED) is 0.394. The number of amides is 2. The van der Waals surface area contributed by atoms with Gasteiger partial charge < -0.3 is 25.2 Å². The van der Waals surface area contributed by atoms with Gasteiger partial charge in [0.15, 0.2) is 5.82 Å². The molecule has 1 fully saturated rings. The Balaban J connectivity index is 1.38. The lowest BCUT2D eigenvalue weighted by Crippen LogP contribution is -2.42. The van der Waals surface area contributed by atoms with Crippen molar-refractivity contribution in [3.63, 3.8) is 0 Å². The smallest absolute Gasteiger partial charge is 0.407 e. The first kappa shape index (κ1) is 27.5. The van der Waals surface area contributed by atoms with Crippen molar-refractivity contribution in [3.05, 3.63) is 34.5 Å². The topological polar surface area (TPSA) is 138 Å². The first-order valence-corrected chi connectivity index (χ1v) is 13.2. The molecule has 2 amide bonds. The molecule has 206 valence electrons. The van der Waals surface area contributed by atoms with Crippen LogP contribution in [0.1, 0.15) is 82.2 Å². The molecular formula is C28H39N5O5. The van der Waals surface area contributed by atoms with E-state index in [-0.39, 0.29) is 41.2 Å². The van der Waals surface area contributed by atoms with Crippen LogP contribution < -0.4 is 15.4 Å². The molecule has 0 unspecified atom stereocenters. The lowest BCUT2D eigenvalue weighted by molar-refractivity contribution is -0.119. The number of H-pyrrole nitrogens is 1. The first-order chi connectivity index (χ1) is 17.9. The van der Waals surface area contributed by atoms with Crippen molar-refractivity contribution < 1.29 is 24.2 Å². The van der Waals surface area contributed by atoms with Gasteiger partial charge in [0.1, 0.15) is 17.6 Å². The zero-order valence-electron chi connectivity index (χ0n) is 23.1. The van der Waals surface area contributed by atoms with E-state index in [0.717, 1.165) is 29.7 Å². The van der Waals surface area contributed by atoms with Gasteiger partial charge in [0.25, 0.3) is 0 Å². The van der Waals surface area contributed by atoms with E-state index in [1.54, 1.807) is 19.4 Å². The number of phenolic OH excluding ortho intramolecular Hbond substituents is 1. The van der Waals surface area contributed by atoms with E-state index in [1.165, 1.54) is 0 Å². The van der Waals surface area contributed by atoms with E-state index < -0.39 is 6.09 Å². The standard InChI is InChI=1S/C28H39N5O5/c1-15(2)29-14-21-19-10-17(11-20(19)24(37-6)13-23(21)34)26(35)30-25-12-22(32-33-25)16-7-8-18(9-16)38-27(36)31-28(3,4)5/h12-18,34H,7-11H2,1-6H3,(H,31,36)(H2,30,32,33,35)/t16-,17-,18+/m0/s1. The number of anilines is 1. The molecule has 0 radical (unpaired) electrons. The van der Waals surface area contributed by atoms with Gasteiger partial charge in [0.05, 0.1) is 7.11 Å². The minimum Gasteiger partial charge on any atom is -0.507 e. The van der Waals surface area contributed by atoms with Crippen molar-refractivity contribution in [3.8, 4) is 11.5 Å². The predicted octanol–water partition coefficient (Wildman–Crippen LogP) is 4.47. The number of nitrogens with one attached hydrogen (secondary N) is 3. The third-order valence-electron chi connectivity index (χ3n) is 6.95. The molecule has 0 aliphatic heterocycles. The normalized spacial score (nSPS) is 21.1. The van der Waals surface area contributed by atoms with E-state index in [9.17, 15) is 14.7 Å². The van der Waals surface area contributed by atoms with Crippen LogP contribution in [0.25, 0.3) is 0 Å². The van der Waals surface area contributed by atoms with Gasteiger partial charge in [-0.1, -0.05) is 0 Å². The fraction of sp³-hybridized carbons (Fsp3) is 0.571. The maximum Gasteiger partial charge on any atom is 0.407 e. The first-order valence-electron chi connectivity index (χ1n) is 13.2. The fourth-order valence-corrected chi connectivity index (χ4v) is 5.17. The van der Waals surface area contributed by atoms with Gasteiger partial charge in [-0.05, 0) is 77.8 Å². The number of aromatic nitrogens is 2. The van der Waals surface area contributed by atoms with Crippen LogP contribution in [-0.4, -0.2) is 58.3 Å². The molecule has 38 heavy (non-hydrogen) atoms. The maximum atomic E-state index is 13.2. The number of nitrogens with zero attached hydrogens (tertiary/aromatic N) is 2. The number of carbonyl (C=O) groups excluding carboxylic acids is 2. The van der Waals surface area contributed by atoms with Gasteiger partial charge >= 0.3 is 6.09 Å². The van der Waals surface area contributed by atoms with Gasteiger partial charge in [-0.25, -0.2) is 4.79 Å². The summed E-state index contributed by atoms with van der Waals surface area (Å²) in [6, 6.07) is 3.53. The number of hydrogen-bond donors (Lipinski definition) is 4. The molecule has 4 N–H and O–H groups in total. The van der Waals surface area contributed by atoms with Gasteiger partial charge in [0.2, 0.25) is 5.91 Å². The number of benzene rings is 1. The van der Waals surface area contributed by atoms with Crippen LogP contribution in [-0.2, 0) is 22.4 Å². The molecule has 0 saturated heterocycles. The summed E-state index contributed by atoms with van der Waals surface area (Å²) in [6.07, 6.45) is 4.45. The lowest BCUT2D eigenvalue weighted by atomic mass is 10.0. The molecular weight excluding hydrogens is 486 g/mol. The van der Waals surface area contributed by atoms with Gasteiger partial charge in [-0.3, -0.25) is 14.9 Å². The summed E-state index contributed by atoms with van der Waals surface area (Å²) < 4.78 is 11.1. The Morgan fingerprint density at radius 2 is 1.95 bits per heavy atom. The Morgan fingerprint density at radius 1 is 1.21 bits per heavy atom. The van der Waals surface area contributed by atoms with Crippen molar-refractivity contribution in [1.29, 1.82) is 0 Å². The van der Waals surface area contributed by atoms with Gasteiger partial charge in [0, 0.05) is 53.0 Å². The minimum atomic E-state index is -0.401. The molecule has 1 aromatic heterocycles. The molecule has 2 aliphatic rings. The van der Waals surface area contributed by atoms with Crippen LogP contribution in [0.3, 0.4) is 0 Å². The molecule has 1 heterocycles. The Kier molecular flexibility index (Phi) is 7.99. The van der Waals surface area contributed by atoms with E-state index >= 15 is 0 Å². The molecule has 10 heteroatoms. The average molecular weight is 526 g/mol. The van der Waals surface area contributed by atoms with Gasteiger partial charge in [-0.15, -0.1) is 0 Å². The van der Waals surface area contributed by atoms with Crippen LogP contribution in [0.4, 0.5) is 10.6 Å². The Labute approximate surface area is 223 Å². The number of fused-ring (bicyclic) bond motifs is 1. The highest BCUT2D eigenvalue weighted by Crippen LogP contribution is 2.41. The highest BCUT2D eigenvalue weighted by molar-refractivity contribution is 5.94. The van der Waals surface area contributed by atoms with Crippen LogP contribution in [0.2, 0.25) is 0 Å². The summed E-state index contributed by atoms with van der Waals surface area (Å²) in [7, 11) is 1.56. The highest BCUT2D eigenvalue weighted by Gasteiger charge is 2.34. The molecule has 1 saturated carbocycles. The summed E-state index contributed by atoms with van der Waals surface area (Å²) in [5, 5.41) is 23.7. The Bertz CT molecular complexity index is 1210. The van der Waals surface area contributed by atoms with Crippen LogP contribution in [0, 0.1) is 5.92 Å². The van der Waals surface area contributed by atoms with Crippen LogP contribution >= 0.6 is 0 Å². The van der Waals surface area contributed by atoms with E-state index in [2.05, 4.69) is 25.8 Å². The number of carbonyl (C=O) groups is 2. The number of rotatable bonds is 7. The van der Waals surface area contributed by atoms with Gasteiger partial charge in [-0.2, -0.15) is 5.10 Å². The summed E-state index contributed by atoms with van der Waals surface area (Å²) in [5.74, 6) is 0.846. The number of methoxy groups -OCH3 is 1. The van der Waals surface area contributed by atoms with Crippen molar-refractivity contribution in [2.75, 3.05) is 12.4 Å². The molecule has 1 aromatic carbocycles. The third kappa shape index (κ3) is 6.46. The van der Waals surface area contributed by atoms with Crippen molar-refractivity contribution >= 4 is 24.0 Å². The summed E-state index contributed by atoms with van der Waals surface area (Å²) in [6.45, 7) is 9.67. The number of aromatic hydroxyl groups is 1. The second-order valence-corrected chi connectivity index (χ2v) is 11.6. The van der Waals surface area contributed by atoms with E-state index in [4.69, 9.17) is 9.47 Å². The van der Waals surface area contributed by atoms with Crippen LogP contribution in [0.15, 0.2) is 17.1 Å². The summed E-state index contributed by atoms with van der Waals surface area (Å²) in [5.41, 5.74) is 3.02. The van der Waals surface area contributed by atoms with Crippen molar-refractivity contribution in [1.82, 2.24) is 15.5 Å². The molecule has 2 aliphatic carbocycles. The highest BCUT2D eigenvalue weighted by atomic mass is 16.6. The summed E-state index contributed by atoms with van der Waals surface area (Å²) in [4.78, 5) is 29.7. The molecule has 3 atom stereocenters. The number of hydrogen-bond acceptors (Lipinski definition) is 7. The number of phenols is 1.